The predicted octanol–water partition coefficient (Wildman–Crippen LogP) is 1.67. The fraction of sp³-hybridized carbons (Fsp3) is 0.727. The molecule has 2 aliphatic rings. The lowest BCUT2D eigenvalue weighted by molar-refractivity contribution is 0.307. The summed E-state index contributed by atoms with van der Waals surface area (Å²) >= 11 is 0. The Bertz CT molecular complexity index is 338. The fourth-order valence-corrected chi connectivity index (χ4v) is 2.47. The number of likely N-dealkylation sites (N-methyl/N-ethyl adjacent to an activating group) is 1. The molecular formula is C11H17N3. The van der Waals surface area contributed by atoms with Crippen molar-refractivity contribution >= 4 is 0 Å². The fourth-order valence-electron chi connectivity index (χ4n) is 2.47. The highest BCUT2D eigenvalue weighted by molar-refractivity contribution is 5.31. The molecule has 0 saturated heterocycles. The van der Waals surface area contributed by atoms with E-state index >= 15 is 0 Å². The molecule has 1 N–H and O–H groups in total. The molecule has 0 aromatic carbocycles. The number of aromatic nitrogens is 2. The third-order valence-electron chi connectivity index (χ3n) is 3.65. The molecule has 0 spiro atoms. The number of nitrogens with zero attached hydrogens (tertiary/aromatic N) is 2. The summed E-state index contributed by atoms with van der Waals surface area (Å²) in [4.78, 5) is 2.39. The molecule has 0 radical (unpaired) electrons. The molecule has 1 aromatic heterocycles. The first kappa shape index (κ1) is 8.48. The smallest absolute Gasteiger partial charge is 0.0700 e. The summed E-state index contributed by atoms with van der Waals surface area (Å²) in [7, 11) is 2.19. The van der Waals surface area contributed by atoms with Crippen molar-refractivity contribution in [1.29, 1.82) is 0 Å². The van der Waals surface area contributed by atoms with Gasteiger partial charge in [-0.05, 0) is 19.9 Å². The van der Waals surface area contributed by atoms with Gasteiger partial charge < -0.3 is 4.90 Å². The van der Waals surface area contributed by atoms with Crippen LogP contribution >= 0.6 is 0 Å². The highest BCUT2D eigenvalue weighted by Gasteiger charge is 2.28. The van der Waals surface area contributed by atoms with Gasteiger partial charge in [0.15, 0.2) is 0 Å². The van der Waals surface area contributed by atoms with E-state index in [4.69, 9.17) is 0 Å². The summed E-state index contributed by atoms with van der Waals surface area (Å²) < 4.78 is 0. The van der Waals surface area contributed by atoms with E-state index in [1.165, 1.54) is 42.8 Å². The number of H-pyrrole nitrogens is 1. The van der Waals surface area contributed by atoms with Crippen LogP contribution in [0.4, 0.5) is 0 Å². The molecule has 1 aromatic rings. The van der Waals surface area contributed by atoms with E-state index in [0.29, 0.717) is 0 Å². The second-order valence-electron chi connectivity index (χ2n) is 4.68. The van der Waals surface area contributed by atoms with Gasteiger partial charge in [-0.2, -0.15) is 5.10 Å². The maximum absolute atomic E-state index is 4.50. The quantitative estimate of drug-likeness (QED) is 0.732. The maximum Gasteiger partial charge on any atom is 0.0700 e. The third kappa shape index (κ3) is 1.19. The Morgan fingerprint density at radius 2 is 2.29 bits per heavy atom. The Balaban J connectivity index is 1.93. The SMILES string of the molecule is CN1CCc2[nH]nc(C3CCC3)c2C1. The van der Waals surface area contributed by atoms with Crippen LogP contribution in [0.3, 0.4) is 0 Å². The summed E-state index contributed by atoms with van der Waals surface area (Å²) in [6.45, 7) is 2.26. The second-order valence-corrected chi connectivity index (χ2v) is 4.68. The molecular weight excluding hydrogens is 174 g/mol. The van der Waals surface area contributed by atoms with E-state index in [1.54, 1.807) is 0 Å². The van der Waals surface area contributed by atoms with Gasteiger partial charge in [-0.1, -0.05) is 6.42 Å². The Hall–Kier alpha value is -0.830. The molecule has 0 amide bonds. The topological polar surface area (TPSA) is 31.9 Å². The van der Waals surface area contributed by atoms with Crippen molar-refractivity contribution in [3.8, 4) is 0 Å². The molecule has 14 heavy (non-hydrogen) atoms. The first-order chi connectivity index (χ1) is 6.84. The van der Waals surface area contributed by atoms with Gasteiger partial charge in [0.1, 0.15) is 0 Å². The van der Waals surface area contributed by atoms with Crippen molar-refractivity contribution in [2.24, 2.45) is 0 Å². The van der Waals surface area contributed by atoms with Gasteiger partial charge in [-0.25, -0.2) is 0 Å². The van der Waals surface area contributed by atoms with E-state index in [0.717, 1.165) is 18.9 Å². The zero-order valence-corrected chi connectivity index (χ0v) is 8.71. The van der Waals surface area contributed by atoms with Crippen molar-refractivity contribution in [3.63, 3.8) is 0 Å². The van der Waals surface area contributed by atoms with Gasteiger partial charge in [0.05, 0.1) is 5.69 Å². The van der Waals surface area contributed by atoms with Crippen LogP contribution in [0.1, 0.15) is 42.1 Å². The van der Waals surface area contributed by atoms with Gasteiger partial charge in [0.2, 0.25) is 0 Å². The Labute approximate surface area is 84.5 Å². The van der Waals surface area contributed by atoms with Gasteiger partial charge in [-0.3, -0.25) is 5.10 Å². The van der Waals surface area contributed by atoms with E-state index < -0.39 is 0 Å². The lowest BCUT2D eigenvalue weighted by Crippen LogP contribution is -2.27. The number of fused-ring (bicyclic) bond motifs is 1. The lowest BCUT2D eigenvalue weighted by atomic mass is 9.81. The maximum atomic E-state index is 4.50. The zero-order valence-electron chi connectivity index (χ0n) is 8.71. The van der Waals surface area contributed by atoms with Crippen LogP contribution in [0.15, 0.2) is 0 Å². The van der Waals surface area contributed by atoms with Crippen LogP contribution in [0.2, 0.25) is 0 Å². The summed E-state index contributed by atoms with van der Waals surface area (Å²) in [6.07, 6.45) is 5.23. The molecule has 2 heterocycles. The number of hydrogen-bond acceptors (Lipinski definition) is 2. The number of nitrogens with one attached hydrogen (secondary N) is 1. The van der Waals surface area contributed by atoms with Crippen LogP contribution in [-0.4, -0.2) is 28.7 Å². The molecule has 3 heteroatoms. The molecule has 1 saturated carbocycles. The van der Waals surface area contributed by atoms with Gasteiger partial charge in [0, 0.05) is 36.7 Å². The van der Waals surface area contributed by atoms with E-state index in [-0.39, 0.29) is 0 Å². The molecule has 0 bridgehead atoms. The molecule has 0 unspecified atom stereocenters. The first-order valence-corrected chi connectivity index (χ1v) is 5.59. The molecule has 76 valence electrons. The zero-order chi connectivity index (χ0) is 9.54. The highest BCUT2D eigenvalue weighted by Crippen LogP contribution is 2.38. The number of hydrogen-bond donors (Lipinski definition) is 1. The van der Waals surface area contributed by atoms with Crippen molar-refractivity contribution < 1.29 is 0 Å². The van der Waals surface area contributed by atoms with Crippen LogP contribution in [0.5, 0.6) is 0 Å². The van der Waals surface area contributed by atoms with Crippen molar-refractivity contribution in [1.82, 2.24) is 15.1 Å². The average molecular weight is 191 g/mol. The minimum atomic E-state index is 0.765. The standard InChI is InChI=1S/C11H17N3/c1-14-6-5-10-9(7-14)11(13-12-10)8-3-2-4-8/h8H,2-7H2,1H3,(H,12,13). The van der Waals surface area contributed by atoms with Crippen molar-refractivity contribution in [3.05, 3.63) is 17.0 Å². The van der Waals surface area contributed by atoms with Gasteiger partial charge >= 0.3 is 0 Å². The van der Waals surface area contributed by atoms with Crippen LogP contribution in [-0.2, 0) is 13.0 Å². The third-order valence-corrected chi connectivity index (χ3v) is 3.65. The summed E-state index contributed by atoms with van der Waals surface area (Å²) in [5.41, 5.74) is 4.27. The monoisotopic (exact) mass is 191 g/mol. The van der Waals surface area contributed by atoms with Gasteiger partial charge in [-0.15, -0.1) is 0 Å². The Kier molecular flexibility index (Phi) is 1.87. The molecule has 3 rings (SSSR count). The first-order valence-electron chi connectivity index (χ1n) is 5.59. The van der Waals surface area contributed by atoms with Crippen LogP contribution in [0, 0.1) is 0 Å². The van der Waals surface area contributed by atoms with Crippen LogP contribution < -0.4 is 0 Å². The normalized spacial score (nSPS) is 23.2. The average Bonchev–Trinajstić information content (AvgIpc) is 2.46. The minimum Gasteiger partial charge on any atom is -0.302 e. The van der Waals surface area contributed by atoms with Gasteiger partial charge in [0.25, 0.3) is 0 Å². The van der Waals surface area contributed by atoms with Crippen LogP contribution in [0.25, 0.3) is 0 Å². The molecule has 3 nitrogen and oxygen atoms in total. The summed E-state index contributed by atoms with van der Waals surface area (Å²) in [5.74, 6) is 0.765. The molecule has 0 atom stereocenters. The molecule has 1 aliphatic heterocycles. The van der Waals surface area contributed by atoms with E-state index in [2.05, 4.69) is 22.1 Å². The van der Waals surface area contributed by atoms with E-state index in [9.17, 15) is 0 Å². The summed E-state index contributed by atoms with van der Waals surface area (Å²) in [5, 5.41) is 7.72. The van der Waals surface area contributed by atoms with E-state index in [1.807, 2.05) is 0 Å². The lowest BCUT2D eigenvalue weighted by Gasteiger charge is -2.28. The van der Waals surface area contributed by atoms with Crippen molar-refractivity contribution in [2.75, 3.05) is 13.6 Å². The number of aromatic amines is 1. The second kappa shape index (κ2) is 3.09. The Morgan fingerprint density at radius 1 is 1.43 bits per heavy atom. The molecule has 1 aliphatic carbocycles. The van der Waals surface area contributed by atoms with Crippen molar-refractivity contribution in [2.45, 2.75) is 38.1 Å². The molecule has 1 fully saturated rings. The highest BCUT2D eigenvalue weighted by atomic mass is 15.2. The Morgan fingerprint density at radius 3 is 3.00 bits per heavy atom. The summed E-state index contributed by atoms with van der Waals surface area (Å²) in [6, 6.07) is 0. The largest absolute Gasteiger partial charge is 0.302 e. The predicted molar refractivity (Wildman–Crippen MR) is 55.2 cm³/mol. The minimum absolute atomic E-state index is 0.765. The number of rotatable bonds is 1.